The average Bonchev–Trinajstić information content (AvgIpc) is 3.03. The van der Waals surface area contributed by atoms with Crippen LogP contribution in [-0.2, 0) is 0 Å². The second-order valence-electron chi connectivity index (χ2n) is 5.32. The molecule has 2 heterocycles. The molecular formula is C16H18N4OS. The first-order valence-corrected chi connectivity index (χ1v) is 8.26. The molecule has 0 saturated carbocycles. The third kappa shape index (κ3) is 3.39. The van der Waals surface area contributed by atoms with Crippen LogP contribution in [0.4, 0.5) is 5.82 Å². The Labute approximate surface area is 133 Å². The molecule has 22 heavy (non-hydrogen) atoms. The van der Waals surface area contributed by atoms with Crippen LogP contribution < -0.4 is 5.73 Å². The molecule has 0 radical (unpaired) electrons. The van der Waals surface area contributed by atoms with Gasteiger partial charge in [0.1, 0.15) is 0 Å². The molecule has 114 valence electrons. The Kier molecular flexibility index (Phi) is 4.58. The van der Waals surface area contributed by atoms with Gasteiger partial charge in [0.15, 0.2) is 11.5 Å². The number of rotatable bonds is 4. The van der Waals surface area contributed by atoms with Crippen LogP contribution in [0.5, 0.6) is 0 Å². The van der Waals surface area contributed by atoms with Crippen LogP contribution in [-0.4, -0.2) is 39.6 Å². The van der Waals surface area contributed by atoms with Gasteiger partial charge in [0, 0.05) is 36.1 Å². The van der Waals surface area contributed by atoms with E-state index in [0.29, 0.717) is 5.92 Å². The van der Waals surface area contributed by atoms with Crippen LogP contribution in [0.15, 0.2) is 47.6 Å². The molecule has 1 aliphatic heterocycles. The van der Waals surface area contributed by atoms with E-state index in [-0.39, 0.29) is 17.4 Å². The Morgan fingerprint density at radius 1 is 1.27 bits per heavy atom. The number of anilines is 1. The van der Waals surface area contributed by atoms with Gasteiger partial charge in [0.25, 0.3) is 5.91 Å². The Morgan fingerprint density at radius 3 is 2.82 bits per heavy atom. The topological polar surface area (TPSA) is 72.1 Å². The van der Waals surface area contributed by atoms with E-state index in [9.17, 15) is 4.79 Å². The summed E-state index contributed by atoms with van der Waals surface area (Å²) in [7, 11) is 0. The van der Waals surface area contributed by atoms with Gasteiger partial charge in [-0.15, -0.1) is 11.8 Å². The second kappa shape index (κ2) is 6.79. The van der Waals surface area contributed by atoms with Crippen LogP contribution in [0.1, 0.15) is 16.9 Å². The third-order valence-electron chi connectivity index (χ3n) is 3.73. The number of thioether (sulfide) groups is 1. The third-order valence-corrected chi connectivity index (χ3v) is 4.97. The summed E-state index contributed by atoms with van der Waals surface area (Å²) in [5.41, 5.74) is 6.00. The number of likely N-dealkylation sites (tertiary alicyclic amines) is 1. The van der Waals surface area contributed by atoms with Crippen molar-refractivity contribution in [2.45, 2.75) is 11.3 Å². The highest BCUT2D eigenvalue weighted by molar-refractivity contribution is 7.99. The minimum absolute atomic E-state index is 0.113. The van der Waals surface area contributed by atoms with Crippen molar-refractivity contribution in [3.8, 4) is 0 Å². The van der Waals surface area contributed by atoms with E-state index in [4.69, 9.17) is 5.73 Å². The largest absolute Gasteiger partial charge is 0.382 e. The first-order chi connectivity index (χ1) is 10.7. The molecule has 1 aliphatic rings. The first kappa shape index (κ1) is 14.8. The van der Waals surface area contributed by atoms with Crippen LogP contribution in [0, 0.1) is 5.92 Å². The SMILES string of the molecule is Nc1nccnc1C(=O)N1CC[C@@H](CSc2ccccc2)C1. The van der Waals surface area contributed by atoms with E-state index in [1.54, 1.807) is 0 Å². The Bertz CT molecular complexity index is 650. The maximum absolute atomic E-state index is 12.4. The van der Waals surface area contributed by atoms with Crippen molar-refractivity contribution in [3.63, 3.8) is 0 Å². The quantitative estimate of drug-likeness (QED) is 0.877. The van der Waals surface area contributed by atoms with Crippen LogP contribution in [0.2, 0.25) is 0 Å². The van der Waals surface area contributed by atoms with E-state index in [1.807, 2.05) is 34.9 Å². The maximum atomic E-state index is 12.4. The molecule has 2 aromatic rings. The standard InChI is InChI=1S/C16H18N4OS/c17-15-14(18-7-8-19-15)16(21)20-9-6-12(10-20)11-22-13-4-2-1-3-5-13/h1-5,7-8,12H,6,9-11H2,(H2,17,19)/t12-/m1/s1. The molecule has 1 fully saturated rings. The number of hydrogen-bond donors (Lipinski definition) is 1. The molecule has 1 atom stereocenters. The minimum Gasteiger partial charge on any atom is -0.382 e. The van der Waals surface area contributed by atoms with E-state index in [0.717, 1.165) is 25.3 Å². The first-order valence-electron chi connectivity index (χ1n) is 7.27. The van der Waals surface area contributed by atoms with Gasteiger partial charge in [0.2, 0.25) is 0 Å². The van der Waals surface area contributed by atoms with Crippen molar-refractivity contribution >= 4 is 23.5 Å². The van der Waals surface area contributed by atoms with Crippen molar-refractivity contribution < 1.29 is 4.79 Å². The summed E-state index contributed by atoms with van der Waals surface area (Å²) in [6.07, 6.45) is 4.02. The summed E-state index contributed by atoms with van der Waals surface area (Å²) in [5, 5.41) is 0. The molecule has 1 aromatic carbocycles. The van der Waals surface area contributed by atoms with Crippen molar-refractivity contribution in [2.75, 3.05) is 24.6 Å². The van der Waals surface area contributed by atoms with E-state index >= 15 is 0 Å². The number of benzene rings is 1. The lowest BCUT2D eigenvalue weighted by Gasteiger charge is -2.16. The molecular weight excluding hydrogens is 296 g/mol. The van der Waals surface area contributed by atoms with E-state index in [1.165, 1.54) is 17.3 Å². The molecule has 0 aliphatic carbocycles. The summed E-state index contributed by atoms with van der Waals surface area (Å²) < 4.78 is 0. The van der Waals surface area contributed by atoms with Gasteiger partial charge in [-0.1, -0.05) is 18.2 Å². The van der Waals surface area contributed by atoms with Crippen molar-refractivity contribution in [1.29, 1.82) is 0 Å². The number of nitrogens with zero attached hydrogens (tertiary/aromatic N) is 3. The molecule has 1 amide bonds. The summed E-state index contributed by atoms with van der Waals surface area (Å²) in [6, 6.07) is 10.3. The number of carbonyl (C=O) groups is 1. The predicted molar refractivity (Wildman–Crippen MR) is 87.6 cm³/mol. The number of hydrogen-bond acceptors (Lipinski definition) is 5. The van der Waals surface area contributed by atoms with E-state index in [2.05, 4.69) is 22.1 Å². The molecule has 6 heteroatoms. The minimum atomic E-state index is -0.113. The van der Waals surface area contributed by atoms with Crippen LogP contribution >= 0.6 is 11.8 Å². The maximum Gasteiger partial charge on any atom is 0.276 e. The van der Waals surface area contributed by atoms with Crippen molar-refractivity contribution in [1.82, 2.24) is 14.9 Å². The molecule has 0 spiro atoms. The fraction of sp³-hybridized carbons (Fsp3) is 0.312. The van der Waals surface area contributed by atoms with Gasteiger partial charge < -0.3 is 10.6 Å². The highest BCUT2D eigenvalue weighted by Crippen LogP contribution is 2.26. The zero-order valence-electron chi connectivity index (χ0n) is 12.2. The lowest BCUT2D eigenvalue weighted by Crippen LogP contribution is -2.30. The van der Waals surface area contributed by atoms with Gasteiger partial charge in [-0.2, -0.15) is 0 Å². The fourth-order valence-electron chi connectivity index (χ4n) is 2.55. The molecule has 0 unspecified atom stereocenters. The Balaban J connectivity index is 1.56. The number of amides is 1. The van der Waals surface area contributed by atoms with Gasteiger partial charge >= 0.3 is 0 Å². The number of nitrogens with two attached hydrogens (primary N) is 1. The van der Waals surface area contributed by atoms with E-state index < -0.39 is 0 Å². The summed E-state index contributed by atoms with van der Waals surface area (Å²) in [6.45, 7) is 1.52. The highest BCUT2D eigenvalue weighted by atomic mass is 32.2. The van der Waals surface area contributed by atoms with Crippen molar-refractivity contribution in [3.05, 3.63) is 48.4 Å². The van der Waals surface area contributed by atoms with Gasteiger partial charge in [-0.3, -0.25) is 4.79 Å². The van der Waals surface area contributed by atoms with Gasteiger partial charge in [-0.25, -0.2) is 9.97 Å². The molecule has 1 aromatic heterocycles. The molecule has 2 N–H and O–H groups in total. The number of nitrogen functional groups attached to an aromatic ring is 1. The molecule has 3 rings (SSSR count). The number of aromatic nitrogens is 2. The zero-order chi connectivity index (χ0) is 15.4. The van der Waals surface area contributed by atoms with Crippen LogP contribution in [0.3, 0.4) is 0 Å². The monoisotopic (exact) mass is 314 g/mol. The molecule has 1 saturated heterocycles. The summed E-state index contributed by atoms with van der Waals surface area (Å²) >= 11 is 1.84. The smallest absolute Gasteiger partial charge is 0.276 e. The zero-order valence-corrected chi connectivity index (χ0v) is 13.0. The highest BCUT2D eigenvalue weighted by Gasteiger charge is 2.28. The summed E-state index contributed by atoms with van der Waals surface area (Å²) in [5.74, 6) is 1.61. The number of carbonyl (C=O) groups excluding carboxylic acids is 1. The van der Waals surface area contributed by atoms with Crippen LogP contribution in [0.25, 0.3) is 0 Å². The fourth-order valence-corrected chi connectivity index (χ4v) is 3.60. The van der Waals surface area contributed by atoms with Crippen molar-refractivity contribution in [2.24, 2.45) is 5.92 Å². The second-order valence-corrected chi connectivity index (χ2v) is 6.41. The van der Waals surface area contributed by atoms with Gasteiger partial charge in [-0.05, 0) is 24.5 Å². The summed E-state index contributed by atoms with van der Waals surface area (Å²) in [4.78, 5) is 23.5. The average molecular weight is 314 g/mol. The molecule has 0 bridgehead atoms. The lowest BCUT2D eigenvalue weighted by atomic mass is 10.2. The normalized spacial score (nSPS) is 17.6. The van der Waals surface area contributed by atoms with Gasteiger partial charge in [0.05, 0.1) is 0 Å². The lowest BCUT2D eigenvalue weighted by molar-refractivity contribution is 0.0783. The predicted octanol–water partition coefficient (Wildman–Crippen LogP) is 2.31. The Hall–Kier alpha value is -2.08. The molecule has 5 nitrogen and oxygen atoms in total. The Morgan fingerprint density at radius 2 is 2.05 bits per heavy atom.